The minimum atomic E-state index is -4.03. The van der Waals surface area contributed by atoms with Gasteiger partial charge in [-0.2, -0.15) is 12.7 Å². The van der Waals surface area contributed by atoms with E-state index >= 15 is 0 Å². The van der Waals surface area contributed by atoms with E-state index in [1.54, 1.807) is 48.5 Å². The monoisotopic (exact) mass is 580 g/mol. The molecule has 3 aromatic rings. The van der Waals surface area contributed by atoms with Crippen LogP contribution in [0.1, 0.15) is 42.1 Å². The van der Waals surface area contributed by atoms with Crippen LogP contribution in [-0.4, -0.2) is 69.5 Å². The van der Waals surface area contributed by atoms with Crippen molar-refractivity contribution in [3.63, 3.8) is 0 Å². The number of rotatable bonds is 7. The summed E-state index contributed by atoms with van der Waals surface area (Å²) in [5.74, 6) is 0.359. The first-order valence-electron chi connectivity index (χ1n) is 13.7. The van der Waals surface area contributed by atoms with Gasteiger partial charge in [0.1, 0.15) is 12.0 Å². The average molecular weight is 581 g/mol. The zero-order chi connectivity index (χ0) is 28.3. The Morgan fingerprint density at radius 1 is 0.725 bits per heavy atom. The van der Waals surface area contributed by atoms with Crippen molar-refractivity contribution in [3.8, 4) is 0 Å². The Bertz CT molecular complexity index is 1550. The molecule has 3 aromatic carbocycles. The second-order valence-electron chi connectivity index (χ2n) is 10.5. The number of aryl methyl sites for hydroxylation is 2. The topological polar surface area (TPSA) is 90.4 Å². The van der Waals surface area contributed by atoms with Gasteiger partial charge in [0.05, 0.1) is 16.3 Å². The number of benzene rings is 3. The van der Waals surface area contributed by atoms with Gasteiger partial charge in [0.25, 0.3) is 10.0 Å². The lowest BCUT2D eigenvalue weighted by Gasteiger charge is -2.35. The van der Waals surface area contributed by atoms with Crippen molar-refractivity contribution < 1.29 is 16.8 Å². The molecule has 0 N–H and O–H groups in total. The van der Waals surface area contributed by atoms with Gasteiger partial charge in [-0.1, -0.05) is 72.1 Å². The Labute approximate surface area is 238 Å². The Morgan fingerprint density at radius 2 is 1.30 bits per heavy atom. The van der Waals surface area contributed by atoms with Crippen LogP contribution < -0.4 is 0 Å². The summed E-state index contributed by atoms with van der Waals surface area (Å²) in [5, 5.41) is 0. The SMILES string of the molecule is Cc1ccc(S(=O)(=O)N=C(CN2CCCCC2)N2CCN(S(=O)(=O)c3ccc(C)cc3)[C@@H]2c2ccccc2)cc1. The van der Waals surface area contributed by atoms with Crippen molar-refractivity contribution >= 4 is 25.9 Å². The van der Waals surface area contributed by atoms with E-state index in [1.165, 1.54) is 4.31 Å². The lowest BCUT2D eigenvalue weighted by atomic mass is 10.1. The molecule has 2 fully saturated rings. The first kappa shape index (κ1) is 28.5. The third-order valence-corrected chi connectivity index (χ3v) is 10.7. The minimum absolute atomic E-state index is 0.119. The molecule has 0 unspecified atom stereocenters. The first-order valence-corrected chi connectivity index (χ1v) is 16.6. The molecule has 0 aliphatic carbocycles. The van der Waals surface area contributed by atoms with Crippen LogP contribution in [0.4, 0.5) is 0 Å². The predicted molar refractivity (Wildman–Crippen MR) is 157 cm³/mol. The number of amidine groups is 1. The van der Waals surface area contributed by atoms with Crippen molar-refractivity contribution in [1.82, 2.24) is 14.1 Å². The summed E-state index contributed by atoms with van der Waals surface area (Å²) in [7, 11) is -7.91. The van der Waals surface area contributed by atoms with Crippen LogP contribution in [0, 0.1) is 13.8 Å². The molecule has 0 bridgehead atoms. The van der Waals surface area contributed by atoms with Gasteiger partial charge in [0, 0.05) is 13.1 Å². The minimum Gasteiger partial charge on any atom is -0.336 e. The molecule has 2 aliphatic heterocycles. The molecule has 0 spiro atoms. The second-order valence-corrected chi connectivity index (χ2v) is 14.0. The van der Waals surface area contributed by atoms with Gasteiger partial charge in [-0.15, -0.1) is 4.40 Å². The fraction of sp³-hybridized carbons (Fsp3) is 0.367. The Kier molecular flexibility index (Phi) is 8.42. The summed E-state index contributed by atoms with van der Waals surface area (Å²) in [5.41, 5.74) is 2.69. The van der Waals surface area contributed by atoms with Gasteiger partial charge in [0.15, 0.2) is 0 Å². The standard InChI is InChI=1S/C30H36N4O4S2/c1-24-11-15-27(16-12-24)39(35,36)31-29(23-32-19-7-4-8-20-32)33-21-22-34(30(33)26-9-5-3-6-10-26)40(37,38)28-17-13-25(2)14-18-28/h3,5-6,9-18,30H,4,7-8,19-23H2,1-2H3/t30-/m1/s1. The number of nitrogens with zero attached hydrogens (tertiary/aromatic N) is 4. The molecule has 0 saturated carbocycles. The Morgan fingerprint density at radius 3 is 1.90 bits per heavy atom. The Balaban J connectivity index is 1.59. The number of hydrogen-bond acceptors (Lipinski definition) is 5. The zero-order valence-electron chi connectivity index (χ0n) is 23.0. The molecular weight excluding hydrogens is 544 g/mol. The summed E-state index contributed by atoms with van der Waals surface area (Å²) in [6.07, 6.45) is 2.48. The number of hydrogen-bond donors (Lipinski definition) is 0. The third-order valence-electron chi connectivity index (χ3n) is 7.54. The van der Waals surface area contributed by atoms with Gasteiger partial charge in [-0.3, -0.25) is 4.90 Å². The van der Waals surface area contributed by atoms with E-state index < -0.39 is 26.2 Å². The lowest BCUT2D eigenvalue weighted by Crippen LogP contribution is -2.44. The molecule has 1 atom stereocenters. The highest BCUT2D eigenvalue weighted by molar-refractivity contribution is 7.90. The van der Waals surface area contributed by atoms with Crippen LogP contribution in [0.3, 0.4) is 0 Å². The molecule has 0 radical (unpaired) electrons. The summed E-state index contributed by atoms with van der Waals surface area (Å²) in [6.45, 7) is 6.36. The molecule has 212 valence electrons. The summed E-state index contributed by atoms with van der Waals surface area (Å²) in [4.78, 5) is 4.41. The molecule has 10 heteroatoms. The van der Waals surface area contributed by atoms with Crippen LogP contribution in [0.2, 0.25) is 0 Å². The molecule has 8 nitrogen and oxygen atoms in total. The van der Waals surface area contributed by atoms with Crippen LogP contribution in [0.25, 0.3) is 0 Å². The molecule has 2 heterocycles. The fourth-order valence-corrected chi connectivity index (χ4v) is 7.93. The van der Waals surface area contributed by atoms with Crippen molar-refractivity contribution in [2.24, 2.45) is 4.40 Å². The van der Waals surface area contributed by atoms with Crippen LogP contribution in [-0.2, 0) is 20.0 Å². The lowest BCUT2D eigenvalue weighted by molar-refractivity contribution is 0.235. The van der Waals surface area contributed by atoms with E-state index in [-0.39, 0.29) is 16.3 Å². The predicted octanol–water partition coefficient (Wildman–Crippen LogP) is 4.58. The molecule has 2 saturated heterocycles. The molecule has 2 aliphatic rings. The van der Waals surface area contributed by atoms with Crippen molar-refractivity contribution in [2.45, 2.75) is 49.1 Å². The summed E-state index contributed by atoms with van der Waals surface area (Å²) in [6, 6.07) is 22.9. The van der Waals surface area contributed by atoms with E-state index in [9.17, 15) is 16.8 Å². The van der Waals surface area contributed by atoms with Gasteiger partial charge in [0.2, 0.25) is 10.0 Å². The van der Waals surface area contributed by atoms with Crippen molar-refractivity contribution in [3.05, 3.63) is 95.6 Å². The third kappa shape index (κ3) is 6.15. The summed E-state index contributed by atoms with van der Waals surface area (Å²) >= 11 is 0. The largest absolute Gasteiger partial charge is 0.336 e. The smallest absolute Gasteiger partial charge is 0.283 e. The molecular formula is C30H36N4O4S2. The van der Waals surface area contributed by atoms with Crippen LogP contribution in [0.15, 0.2) is 93.1 Å². The molecule has 0 amide bonds. The molecule has 0 aromatic heterocycles. The van der Waals surface area contributed by atoms with E-state index in [2.05, 4.69) is 9.30 Å². The second kappa shape index (κ2) is 11.8. The molecule has 5 rings (SSSR count). The van der Waals surface area contributed by atoms with Crippen LogP contribution in [0.5, 0.6) is 0 Å². The van der Waals surface area contributed by atoms with E-state index in [4.69, 9.17) is 0 Å². The number of sulfonamides is 2. The maximum Gasteiger partial charge on any atom is 0.283 e. The van der Waals surface area contributed by atoms with Gasteiger partial charge >= 0.3 is 0 Å². The molecule has 40 heavy (non-hydrogen) atoms. The first-order chi connectivity index (χ1) is 19.1. The summed E-state index contributed by atoms with van der Waals surface area (Å²) < 4.78 is 60.9. The van der Waals surface area contributed by atoms with E-state index in [1.807, 2.05) is 49.1 Å². The average Bonchev–Trinajstić information content (AvgIpc) is 3.40. The number of likely N-dealkylation sites (tertiary alicyclic amines) is 1. The number of piperidine rings is 1. The Hall–Kier alpha value is -3.05. The van der Waals surface area contributed by atoms with E-state index in [0.717, 1.165) is 49.0 Å². The quantitative estimate of drug-likeness (QED) is 0.300. The van der Waals surface area contributed by atoms with Gasteiger partial charge in [-0.05, 0) is 69.6 Å². The maximum atomic E-state index is 14.0. The van der Waals surface area contributed by atoms with Crippen molar-refractivity contribution in [2.75, 3.05) is 32.7 Å². The van der Waals surface area contributed by atoms with Crippen molar-refractivity contribution in [1.29, 1.82) is 0 Å². The van der Waals surface area contributed by atoms with Crippen LogP contribution >= 0.6 is 0 Å². The normalized spacial score (nSPS) is 19.7. The highest BCUT2D eigenvalue weighted by Crippen LogP contribution is 2.36. The highest BCUT2D eigenvalue weighted by Gasteiger charge is 2.43. The van der Waals surface area contributed by atoms with Gasteiger partial charge < -0.3 is 4.90 Å². The highest BCUT2D eigenvalue weighted by atomic mass is 32.2. The maximum absolute atomic E-state index is 14.0. The zero-order valence-corrected chi connectivity index (χ0v) is 24.6. The van der Waals surface area contributed by atoms with Gasteiger partial charge in [-0.25, -0.2) is 8.42 Å². The van der Waals surface area contributed by atoms with E-state index in [0.29, 0.717) is 18.9 Å². The fourth-order valence-electron chi connectivity index (χ4n) is 5.34.